The van der Waals surface area contributed by atoms with Crippen molar-refractivity contribution < 1.29 is 9.18 Å². The lowest BCUT2D eigenvalue weighted by Crippen LogP contribution is -2.34. The van der Waals surface area contributed by atoms with E-state index in [-0.39, 0.29) is 11.8 Å². The van der Waals surface area contributed by atoms with Gasteiger partial charge in [0.15, 0.2) is 0 Å². The monoisotopic (exact) mass is 494 g/mol. The lowest BCUT2D eigenvalue weighted by atomic mass is 10.1. The predicted molar refractivity (Wildman–Crippen MR) is 146 cm³/mol. The van der Waals surface area contributed by atoms with Gasteiger partial charge in [-0.3, -0.25) is 4.79 Å². The van der Waals surface area contributed by atoms with Crippen molar-refractivity contribution in [2.45, 2.75) is 79.4 Å². The number of fused-ring (bicyclic) bond motifs is 1. The van der Waals surface area contributed by atoms with Gasteiger partial charge in [0.1, 0.15) is 11.6 Å². The summed E-state index contributed by atoms with van der Waals surface area (Å²) in [5.74, 6) is 0.600. The Balaban J connectivity index is 1.84. The molecule has 0 aliphatic carbocycles. The molecular formula is C30H43FN4O. The van der Waals surface area contributed by atoms with Gasteiger partial charge in [0.05, 0.1) is 17.6 Å². The fraction of sp³-hybridized carbons (Fsp3) is 0.533. The maximum absolute atomic E-state index is 13.8. The quantitative estimate of drug-likeness (QED) is 0.229. The molecule has 36 heavy (non-hydrogen) atoms. The van der Waals surface area contributed by atoms with Crippen LogP contribution in [0.4, 0.5) is 4.39 Å². The van der Waals surface area contributed by atoms with Crippen LogP contribution >= 0.6 is 0 Å². The predicted octanol–water partition coefficient (Wildman–Crippen LogP) is 6.90. The van der Waals surface area contributed by atoms with E-state index in [1.807, 2.05) is 0 Å². The van der Waals surface area contributed by atoms with E-state index in [1.165, 1.54) is 43.4 Å². The number of hydrogen-bond donors (Lipinski definition) is 0. The molecule has 0 aliphatic rings. The molecule has 0 atom stereocenters. The summed E-state index contributed by atoms with van der Waals surface area (Å²) < 4.78 is 16.1. The molecule has 6 heteroatoms. The second kappa shape index (κ2) is 13.5. The first-order chi connectivity index (χ1) is 17.3. The van der Waals surface area contributed by atoms with E-state index < -0.39 is 5.82 Å². The van der Waals surface area contributed by atoms with E-state index in [4.69, 9.17) is 4.98 Å². The van der Waals surface area contributed by atoms with E-state index in [0.717, 1.165) is 42.9 Å². The molecular weight excluding hydrogens is 451 g/mol. The number of benzene rings is 2. The standard InChI is InChI=1S/C30H43FN4O/c1-6-8-9-10-17-33(5)21-24-14-15-28-27(18-24)32-29(35(28)16-7-2)22-34(20-23(3)4)30(36)25-12-11-13-26(31)19-25/h11-15,18-19,23H,6-10,16-17,20-22H2,1-5H3. The fourth-order valence-corrected chi connectivity index (χ4v) is 4.75. The fourth-order valence-electron chi connectivity index (χ4n) is 4.75. The summed E-state index contributed by atoms with van der Waals surface area (Å²) in [6, 6.07) is 12.5. The second-order valence-corrected chi connectivity index (χ2v) is 10.4. The van der Waals surface area contributed by atoms with Gasteiger partial charge in [-0.15, -0.1) is 0 Å². The zero-order chi connectivity index (χ0) is 26.1. The van der Waals surface area contributed by atoms with Crippen LogP contribution in [0.1, 0.15) is 81.5 Å². The van der Waals surface area contributed by atoms with Crippen molar-refractivity contribution in [2.75, 3.05) is 20.1 Å². The number of hydrogen-bond acceptors (Lipinski definition) is 3. The molecule has 0 radical (unpaired) electrons. The van der Waals surface area contributed by atoms with Crippen molar-refractivity contribution in [3.63, 3.8) is 0 Å². The summed E-state index contributed by atoms with van der Waals surface area (Å²) in [6.07, 6.45) is 6.04. The van der Waals surface area contributed by atoms with Crippen LogP contribution in [-0.2, 0) is 19.6 Å². The van der Waals surface area contributed by atoms with Crippen molar-refractivity contribution >= 4 is 16.9 Å². The van der Waals surface area contributed by atoms with E-state index in [9.17, 15) is 9.18 Å². The molecule has 2 aromatic carbocycles. The third kappa shape index (κ3) is 7.63. The molecule has 0 spiro atoms. The van der Waals surface area contributed by atoms with Gasteiger partial charge in [-0.05, 0) is 68.2 Å². The van der Waals surface area contributed by atoms with Crippen molar-refractivity contribution in [3.8, 4) is 0 Å². The zero-order valence-electron chi connectivity index (χ0n) is 22.8. The summed E-state index contributed by atoms with van der Waals surface area (Å²) in [5, 5.41) is 0. The Hall–Kier alpha value is -2.73. The third-order valence-corrected chi connectivity index (χ3v) is 6.46. The largest absolute Gasteiger partial charge is 0.331 e. The van der Waals surface area contributed by atoms with Gasteiger partial charge in [0.25, 0.3) is 5.91 Å². The van der Waals surface area contributed by atoms with E-state index in [2.05, 4.69) is 62.4 Å². The molecule has 0 saturated carbocycles. The van der Waals surface area contributed by atoms with E-state index >= 15 is 0 Å². The van der Waals surface area contributed by atoms with Crippen LogP contribution in [0.3, 0.4) is 0 Å². The van der Waals surface area contributed by atoms with Gasteiger partial charge in [-0.1, -0.05) is 59.1 Å². The highest BCUT2D eigenvalue weighted by Crippen LogP contribution is 2.22. The molecule has 196 valence electrons. The number of aryl methyl sites for hydroxylation is 1. The van der Waals surface area contributed by atoms with E-state index in [0.29, 0.717) is 18.7 Å². The molecule has 0 fully saturated rings. The van der Waals surface area contributed by atoms with Crippen molar-refractivity contribution in [1.29, 1.82) is 0 Å². The summed E-state index contributed by atoms with van der Waals surface area (Å²) in [4.78, 5) is 22.5. The van der Waals surface area contributed by atoms with Crippen LogP contribution in [-0.4, -0.2) is 45.4 Å². The number of aromatic nitrogens is 2. The molecule has 0 N–H and O–H groups in total. The SMILES string of the molecule is CCCCCCN(C)Cc1ccc2c(c1)nc(CN(CC(C)C)C(=O)c1cccc(F)c1)n2CCC. The molecule has 1 heterocycles. The van der Waals surface area contributed by atoms with Crippen LogP contribution in [0.5, 0.6) is 0 Å². The zero-order valence-corrected chi connectivity index (χ0v) is 22.8. The Morgan fingerprint density at radius 2 is 1.83 bits per heavy atom. The molecule has 0 unspecified atom stereocenters. The topological polar surface area (TPSA) is 41.4 Å². The van der Waals surface area contributed by atoms with Crippen molar-refractivity contribution in [1.82, 2.24) is 19.4 Å². The normalized spacial score (nSPS) is 11.7. The van der Waals surface area contributed by atoms with Gasteiger partial charge in [0, 0.05) is 25.2 Å². The van der Waals surface area contributed by atoms with Crippen LogP contribution < -0.4 is 0 Å². The molecule has 1 amide bonds. The van der Waals surface area contributed by atoms with Crippen LogP contribution in [0, 0.1) is 11.7 Å². The Labute approximate surface area is 216 Å². The summed E-state index contributed by atoms with van der Waals surface area (Å²) in [6.45, 7) is 12.4. The first kappa shape index (κ1) is 27.9. The third-order valence-electron chi connectivity index (χ3n) is 6.46. The molecule has 0 bridgehead atoms. The first-order valence-corrected chi connectivity index (χ1v) is 13.5. The number of imidazole rings is 1. The minimum Gasteiger partial charge on any atom is -0.331 e. The van der Waals surface area contributed by atoms with Gasteiger partial charge >= 0.3 is 0 Å². The minimum absolute atomic E-state index is 0.163. The number of carbonyl (C=O) groups is 1. The lowest BCUT2D eigenvalue weighted by molar-refractivity contribution is 0.0715. The minimum atomic E-state index is -0.397. The Morgan fingerprint density at radius 1 is 1.03 bits per heavy atom. The molecule has 1 aromatic heterocycles. The summed E-state index contributed by atoms with van der Waals surface area (Å²) >= 11 is 0. The molecule has 3 aromatic rings. The number of unbranched alkanes of at least 4 members (excludes halogenated alkanes) is 3. The highest BCUT2D eigenvalue weighted by Gasteiger charge is 2.21. The van der Waals surface area contributed by atoms with Gasteiger partial charge < -0.3 is 14.4 Å². The number of carbonyl (C=O) groups excluding carboxylic acids is 1. The van der Waals surface area contributed by atoms with Crippen molar-refractivity contribution in [3.05, 3.63) is 65.2 Å². The highest BCUT2D eigenvalue weighted by atomic mass is 19.1. The first-order valence-electron chi connectivity index (χ1n) is 13.5. The molecule has 0 saturated heterocycles. The van der Waals surface area contributed by atoms with Crippen LogP contribution in [0.25, 0.3) is 11.0 Å². The molecule has 5 nitrogen and oxygen atoms in total. The van der Waals surface area contributed by atoms with E-state index in [1.54, 1.807) is 17.0 Å². The Bertz CT molecular complexity index is 1120. The molecule has 0 aliphatic heterocycles. The van der Waals surface area contributed by atoms with Crippen molar-refractivity contribution in [2.24, 2.45) is 5.92 Å². The number of amides is 1. The second-order valence-electron chi connectivity index (χ2n) is 10.4. The van der Waals surface area contributed by atoms with Gasteiger partial charge in [0.2, 0.25) is 0 Å². The van der Waals surface area contributed by atoms with Crippen LogP contribution in [0.2, 0.25) is 0 Å². The average Bonchev–Trinajstić information content (AvgIpc) is 3.17. The Morgan fingerprint density at radius 3 is 2.53 bits per heavy atom. The Kier molecular flexibility index (Phi) is 10.5. The maximum Gasteiger partial charge on any atom is 0.254 e. The smallest absolute Gasteiger partial charge is 0.254 e. The van der Waals surface area contributed by atoms with Gasteiger partial charge in [-0.25, -0.2) is 9.37 Å². The summed E-state index contributed by atoms with van der Waals surface area (Å²) in [7, 11) is 2.18. The summed E-state index contributed by atoms with van der Waals surface area (Å²) in [5.41, 5.74) is 3.70. The number of rotatable bonds is 14. The lowest BCUT2D eigenvalue weighted by Gasteiger charge is -2.25. The van der Waals surface area contributed by atoms with Crippen LogP contribution in [0.15, 0.2) is 42.5 Å². The number of nitrogens with zero attached hydrogens (tertiary/aromatic N) is 4. The average molecular weight is 495 g/mol. The van der Waals surface area contributed by atoms with Gasteiger partial charge in [-0.2, -0.15) is 0 Å². The number of halogens is 1. The maximum atomic E-state index is 13.8. The highest BCUT2D eigenvalue weighted by molar-refractivity contribution is 5.94. The molecule has 3 rings (SSSR count).